The summed E-state index contributed by atoms with van der Waals surface area (Å²) >= 11 is 7.50. The summed E-state index contributed by atoms with van der Waals surface area (Å²) in [5.41, 5.74) is 7.25. The smallest absolute Gasteiger partial charge is 0.226 e. The monoisotopic (exact) mass is 345 g/mol. The van der Waals surface area contributed by atoms with Gasteiger partial charge >= 0.3 is 0 Å². The first-order valence-electron chi connectivity index (χ1n) is 6.32. The normalized spacial score (nSPS) is 11.6. The Morgan fingerprint density at radius 3 is 2.86 bits per heavy atom. The zero-order chi connectivity index (χ0) is 14.5. The van der Waals surface area contributed by atoms with Gasteiger partial charge in [0.1, 0.15) is 0 Å². The van der Waals surface area contributed by atoms with Gasteiger partial charge in [-0.15, -0.1) is 23.7 Å². The van der Waals surface area contributed by atoms with Crippen molar-refractivity contribution in [1.82, 2.24) is 4.98 Å². The molecule has 1 unspecified atom stereocenters. The molecule has 0 aliphatic carbocycles. The molecule has 0 aliphatic heterocycles. The minimum absolute atomic E-state index is 0. The highest BCUT2D eigenvalue weighted by atomic mass is 35.5. The lowest BCUT2D eigenvalue weighted by Crippen LogP contribution is -2.19. The van der Waals surface area contributed by atoms with Crippen LogP contribution in [-0.4, -0.2) is 16.9 Å². The summed E-state index contributed by atoms with van der Waals surface area (Å²) < 4.78 is 0. The first kappa shape index (κ1) is 17.9. The summed E-state index contributed by atoms with van der Waals surface area (Å²) in [5.74, 6) is -0.0673. The number of hydrogen-bond acceptors (Lipinski definition) is 4. The number of rotatable bonds is 5. The van der Waals surface area contributed by atoms with E-state index in [9.17, 15) is 4.79 Å². The fourth-order valence-corrected chi connectivity index (χ4v) is 2.62. The molecule has 2 aromatic rings. The van der Waals surface area contributed by atoms with Crippen molar-refractivity contribution in [2.75, 3.05) is 5.32 Å². The number of nitrogens with zero attached hydrogens (tertiary/aromatic N) is 1. The average molecular weight is 346 g/mol. The molecule has 0 bridgehead atoms. The van der Waals surface area contributed by atoms with Crippen molar-refractivity contribution in [2.24, 2.45) is 5.73 Å². The number of carbonyl (C=O) groups excluding carboxylic acids is 1. The van der Waals surface area contributed by atoms with Crippen molar-refractivity contribution in [3.8, 4) is 11.3 Å². The number of aromatic nitrogens is 1. The van der Waals surface area contributed by atoms with Crippen LogP contribution in [0.1, 0.15) is 19.8 Å². The molecule has 21 heavy (non-hydrogen) atoms. The van der Waals surface area contributed by atoms with Crippen LogP contribution in [0.3, 0.4) is 0 Å². The van der Waals surface area contributed by atoms with Gasteiger partial charge in [0, 0.05) is 28.4 Å². The fourth-order valence-electron chi connectivity index (χ4n) is 1.66. The van der Waals surface area contributed by atoms with E-state index in [0.29, 0.717) is 23.0 Å². The number of anilines is 1. The van der Waals surface area contributed by atoms with Crippen LogP contribution >= 0.6 is 35.3 Å². The number of carbonyl (C=O) groups is 1. The van der Waals surface area contributed by atoms with Crippen molar-refractivity contribution in [3.63, 3.8) is 0 Å². The number of thiazole rings is 1. The van der Waals surface area contributed by atoms with Crippen LogP contribution in [0.4, 0.5) is 5.13 Å². The van der Waals surface area contributed by atoms with E-state index in [0.717, 1.165) is 11.3 Å². The second-order valence-corrected chi connectivity index (χ2v) is 5.85. The quantitative estimate of drug-likeness (QED) is 0.861. The summed E-state index contributed by atoms with van der Waals surface area (Å²) in [6, 6.07) is 7.52. The zero-order valence-electron chi connectivity index (χ0n) is 11.5. The summed E-state index contributed by atoms with van der Waals surface area (Å²) in [6.07, 6.45) is 1.06. The molecule has 0 aliphatic rings. The molecule has 7 heteroatoms. The second-order valence-electron chi connectivity index (χ2n) is 4.58. The largest absolute Gasteiger partial charge is 0.328 e. The highest BCUT2D eigenvalue weighted by Gasteiger charge is 2.10. The molecule has 0 saturated heterocycles. The highest BCUT2D eigenvalue weighted by molar-refractivity contribution is 7.14. The third kappa shape index (κ3) is 5.28. The van der Waals surface area contributed by atoms with Gasteiger partial charge in [-0.05, 0) is 19.4 Å². The Bertz CT molecular complexity index is 601. The number of nitrogens with one attached hydrogen (secondary N) is 1. The number of amides is 1. The van der Waals surface area contributed by atoms with Crippen LogP contribution in [-0.2, 0) is 4.79 Å². The van der Waals surface area contributed by atoms with Gasteiger partial charge < -0.3 is 11.1 Å². The number of halogens is 2. The van der Waals surface area contributed by atoms with E-state index in [2.05, 4.69) is 10.3 Å². The van der Waals surface area contributed by atoms with Gasteiger partial charge in [0.15, 0.2) is 5.13 Å². The van der Waals surface area contributed by atoms with Crippen molar-refractivity contribution >= 4 is 46.4 Å². The topological polar surface area (TPSA) is 68.0 Å². The van der Waals surface area contributed by atoms with E-state index in [1.54, 1.807) is 0 Å². The van der Waals surface area contributed by atoms with Gasteiger partial charge in [0.05, 0.1) is 5.69 Å². The Morgan fingerprint density at radius 1 is 1.48 bits per heavy atom. The molecular weight excluding hydrogens is 329 g/mol. The zero-order valence-corrected chi connectivity index (χ0v) is 13.9. The molecular formula is C14H17Cl2N3OS. The molecule has 1 aromatic heterocycles. The SMILES string of the molecule is CC(N)CCC(=O)Nc1nc(-c2ccccc2Cl)cs1.Cl. The maximum Gasteiger partial charge on any atom is 0.226 e. The van der Waals surface area contributed by atoms with Gasteiger partial charge in [0.25, 0.3) is 0 Å². The maximum atomic E-state index is 11.7. The molecule has 0 spiro atoms. The minimum Gasteiger partial charge on any atom is -0.328 e. The predicted octanol–water partition coefficient (Wildman–Crippen LogP) is 3.95. The van der Waals surface area contributed by atoms with Crippen molar-refractivity contribution < 1.29 is 4.79 Å². The molecule has 1 amide bonds. The second kappa shape index (κ2) is 8.34. The summed E-state index contributed by atoms with van der Waals surface area (Å²) in [6.45, 7) is 1.88. The van der Waals surface area contributed by atoms with E-state index in [-0.39, 0.29) is 24.4 Å². The first-order valence-corrected chi connectivity index (χ1v) is 7.58. The number of benzene rings is 1. The average Bonchev–Trinajstić information content (AvgIpc) is 2.85. The molecule has 0 fully saturated rings. The van der Waals surface area contributed by atoms with E-state index in [4.69, 9.17) is 17.3 Å². The molecule has 3 N–H and O–H groups in total. The molecule has 114 valence electrons. The van der Waals surface area contributed by atoms with Gasteiger partial charge in [-0.2, -0.15) is 0 Å². The standard InChI is InChI=1S/C14H16ClN3OS.ClH/c1-9(16)6-7-13(19)18-14-17-12(8-20-14)10-4-2-3-5-11(10)15;/h2-5,8-9H,6-7,16H2,1H3,(H,17,18,19);1H. The van der Waals surface area contributed by atoms with Gasteiger partial charge in [-0.3, -0.25) is 4.79 Å². The summed E-state index contributed by atoms with van der Waals surface area (Å²) in [4.78, 5) is 16.1. The van der Waals surface area contributed by atoms with Crippen LogP contribution < -0.4 is 11.1 Å². The lowest BCUT2D eigenvalue weighted by atomic mass is 10.2. The first-order chi connectivity index (χ1) is 9.56. The van der Waals surface area contributed by atoms with Gasteiger partial charge in [-0.1, -0.05) is 29.8 Å². The third-order valence-corrected chi connectivity index (χ3v) is 3.81. The van der Waals surface area contributed by atoms with E-state index in [1.807, 2.05) is 36.6 Å². The van der Waals surface area contributed by atoms with Crippen LogP contribution in [0.2, 0.25) is 5.02 Å². The Morgan fingerprint density at radius 2 is 2.19 bits per heavy atom. The molecule has 1 atom stereocenters. The van der Waals surface area contributed by atoms with Crippen molar-refractivity contribution in [2.45, 2.75) is 25.8 Å². The van der Waals surface area contributed by atoms with E-state index < -0.39 is 0 Å². The van der Waals surface area contributed by atoms with Gasteiger partial charge in [-0.25, -0.2) is 4.98 Å². The molecule has 2 rings (SSSR count). The highest BCUT2D eigenvalue weighted by Crippen LogP contribution is 2.30. The lowest BCUT2D eigenvalue weighted by Gasteiger charge is -2.04. The van der Waals surface area contributed by atoms with Crippen molar-refractivity contribution in [1.29, 1.82) is 0 Å². The Hall–Kier alpha value is -1.14. The fraction of sp³-hybridized carbons (Fsp3) is 0.286. The minimum atomic E-state index is -0.0673. The molecule has 0 saturated carbocycles. The van der Waals surface area contributed by atoms with E-state index in [1.165, 1.54) is 11.3 Å². The lowest BCUT2D eigenvalue weighted by molar-refractivity contribution is -0.116. The molecule has 0 radical (unpaired) electrons. The number of hydrogen-bond donors (Lipinski definition) is 2. The number of nitrogens with two attached hydrogens (primary N) is 1. The van der Waals surface area contributed by atoms with Crippen LogP contribution in [0.15, 0.2) is 29.6 Å². The van der Waals surface area contributed by atoms with Crippen LogP contribution in [0.25, 0.3) is 11.3 Å². The van der Waals surface area contributed by atoms with Crippen LogP contribution in [0, 0.1) is 0 Å². The molecule has 4 nitrogen and oxygen atoms in total. The molecule has 1 heterocycles. The van der Waals surface area contributed by atoms with Gasteiger partial charge in [0.2, 0.25) is 5.91 Å². The Kier molecular flexibility index (Phi) is 7.11. The Balaban J connectivity index is 0.00000220. The third-order valence-electron chi connectivity index (χ3n) is 2.73. The summed E-state index contributed by atoms with van der Waals surface area (Å²) in [7, 11) is 0. The van der Waals surface area contributed by atoms with E-state index >= 15 is 0 Å². The predicted molar refractivity (Wildman–Crippen MR) is 91.3 cm³/mol. The van der Waals surface area contributed by atoms with Crippen molar-refractivity contribution in [3.05, 3.63) is 34.7 Å². The van der Waals surface area contributed by atoms with Crippen LogP contribution in [0.5, 0.6) is 0 Å². The summed E-state index contributed by atoms with van der Waals surface area (Å²) in [5, 5.41) is 5.88. The molecule has 1 aromatic carbocycles. The Labute approximate surface area is 139 Å². The maximum absolute atomic E-state index is 11.7.